The van der Waals surface area contributed by atoms with Gasteiger partial charge < -0.3 is 14.7 Å². The van der Waals surface area contributed by atoms with E-state index in [0.717, 1.165) is 31.0 Å². The minimum absolute atomic E-state index is 0.103. The molecule has 5 heteroatoms. The van der Waals surface area contributed by atoms with Crippen LogP contribution in [0.3, 0.4) is 0 Å². The Kier molecular flexibility index (Phi) is 4.04. The molecule has 1 fully saturated rings. The molecule has 1 aliphatic heterocycles. The van der Waals surface area contributed by atoms with Crippen LogP contribution in [0, 0.1) is 0 Å². The van der Waals surface area contributed by atoms with Crippen LogP contribution in [0.5, 0.6) is 0 Å². The molecule has 5 nitrogen and oxygen atoms in total. The van der Waals surface area contributed by atoms with Gasteiger partial charge in [-0.25, -0.2) is 4.98 Å². The van der Waals surface area contributed by atoms with Gasteiger partial charge in [-0.05, 0) is 26.1 Å². The zero-order valence-corrected chi connectivity index (χ0v) is 12.1. The van der Waals surface area contributed by atoms with Gasteiger partial charge in [0, 0.05) is 51.5 Å². The van der Waals surface area contributed by atoms with Crippen molar-refractivity contribution in [2.45, 2.75) is 13.0 Å². The Hall–Kier alpha value is -1.62. The largest absolute Gasteiger partial charge is 0.363 e. The number of hydrogen-bond acceptors (Lipinski definition) is 4. The molecule has 1 saturated heterocycles. The molecule has 1 aromatic rings. The molecule has 0 unspecified atom stereocenters. The SMILES string of the molecule is C[C@H]1CN(C)CCN1C(=O)c1ccnc(N(C)C)c1. The molecule has 0 aromatic carbocycles. The molecule has 2 rings (SSSR count). The fourth-order valence-electron chi connectivity index (χ4n) is 2.40. The number of pyridine rings is 1. The van der Waals surface area contributed by atoms with Gasteiger partial charge in [-0.3, -0.25) is 4.79 Å². The summed E-state index contributed by atoms with van der Waals surface area (Å²) < 4.78 is 0. The lowest BCUT2D eigenvalue weighted by Gasteiger charge is -2.38. The van der Waals surface area contributed by atoms with Gasteiger partial charge >= 0.3 is 0 Å². The van der Waals surface area contributed by atoms with Crippen molar-refractivity contribution in [2.75, 3.05) is 45.7 Å². The van der Waals surface area contributed by atoms with Gasteiger partial charge in [0.1, 0.15) is 5.82 Å². The normalized spacial score (nSPS) is 20.4. The van der Waals surface area contributed by atoms with E-state index in [0.29, 0.717) is 0 Å². The first kappa shape index (κ1) is 13.8. The summed E-state index contributed by atoms with van der Waals surface area (Å²) in [5, 5.41) is 0. The van der Waals surface area contributed by atoms with Crippen LogP contribution in [0.25, 0.3) is 0 Å². The number of carbonyl (C=O) groups excluding carboxylic acids is 1. The van der Waals surface area contributed by atoms with Crippen molar-refractivity contribution in [3.8, 4) is 0 Å². The van der Waals surface area contributed by atoms with Crippen LogP contribution in [0.4, 0.5) is 5.82 Å². The van der Waals surface area contributed by atoms with Gasteiger partial charge in [0.25, 0.3) is 5.91 Å². The van der Waals surface area contributed by atoms with Crippen LogP contribution in [-0.2, 0) is 0 Å². The number of amides is 1. The number of nitrogens with zero attached hydrogens (tertiary/aromatic N) is 4. The third kappa shape index (κ3) is 3.04. The predicted octanol–water partition coefficient (Wildman–Crippen LogP) is 0.924. The molecule has 1 amide bonds. The van der Waals surface area contributed by atoms with Crippen LogP contribution in [0.15, 0.2) is 18.3 Å². The summed E-state index contributed by atoms with van der Waals surface area (Å²) in [5.74, 6) is 0.915. The molecule has 0 bridgehead atoms. The quantitative estimate of drug-likeness (QED) is 0.795. The van der Waals surface area contributed by atoms with Crippen molar-refractivity contribution in [3.63, 3.8) is 0 Å². The number of rotatable bonds is 2. The van der Waals surface area contributed by atoms with Gasteiger partial charge in [0.15, 0.2) is 0 Å². The lowest BCUT2D eigenvalue weighted by molar-refractivity contribution is 0.0533. The van der Waals surface area contributed by atoms with Gasteiger partial charge in [0.05, 0.1) is 0 Å². The Balaban J connectivity index is 2.17. The van der Waals surface area contributed by atoms with Crippen LogP contribution < -0.4 is 4.90 Å². The first-order valence-corrected chi connectivity index (χ1v) is 6.62. The highest BCUT2D eigenvalue weighted by Crippen LogP contribution is 2.16. The molecule has 0 aliphatic carbocycles. The Morgan fingerprint density at radius 3 is 2.79 bits per heavy atom. The van der Waals surface area contributed by atoms with Crippen molar-refractivity contribution < 1.29 is 4.79 Å². The van der Waals surface area contributed by atoms with E-state index in [-0.39, 0.29) is 11.9 Å². The summed E-state index contributed by atoms with van der Waals surface area (Å²) in [6.07, 6.45) is 1.70. The van der Waals surface area contributed by atoms with E-state index < -0.39 is 0 Å². The first-order chi connectivity index (χ1) is 8.99. The second kappa shape index (κ2) is 5.57. The highest BCUT2D eigenvalue weighted by Gasteiger charge is 2.26. The lowest BCUT2D eigenvalue weighted by atomic mass is 10.1. The van der Waals surface area contributed by atoms with E-state index in [9.17, 15) is 4.79 Å². The average molecular weight is 262 g/mol. The molecule has 1 atom stereocenters. The van der Waals surface area contributed by atoms with Crippen LogP contribution >= 0.6 is 0 Å². The molecule has 1 aliphatic rings. The Bertz CT molecular complexity index is 461. The Labute approximate surface area is 114 Å². The standard InChI is InChI=1S/C14H22N4O/c1-11-10-17(4)7-8-18(11)14(19)12-5-6-15-13(9-12)16(2)3/h5-6,9,11H,7-8,10H2,1-4H3/t11-/m0/s1. The maximum Gasteiger partial charge on any atom is 0.254 e. The lowest BCUT2D eigenvalue weighted by Crippen LogP contribution is -2.52. The van der Waals surface area contributed by atoms with E-state index in [1.54, 1.807) is 12.3 Å². The van der Waals surface area contributed by atoms with Crippen LogP contribution in [0.2, 0.25) is 0 Å². The molecular weight excluding hydrogens is 240 g/mol. The first-order valence-electron chi connectivity index (χ1n) is 6.62. The zero-order valence-electron chi connectivity index (χ0n) is 12.1. The maximum atomic E-state index is 12.6. The van der Waals surface area contributed by atoms with Crippen molar-refractivity contribution in [1.82, 2.24) is 14.8 Å². The second-order valence-corrected chi connectivity index (χ2v) is 5.41. The van der Waals surface area contributed by atoms with Crippen molar-refractivity contribution in [2.24, 2.45) is 0 Å². The van der Waals surface area contributed by atoms with Crippen molar-refractivity contribution in [3.05, 3.63) is 23.9 Å². The van der Waals surface area contributed by atoms with E-state index in [1.165, 1.54) is 0 Å². The molecule has 0 radical (unpaired) electrons. The molecular formula is C14H22N4O. The van der Waals surface area contributed by atoms with E-state index in [1.807, 2.05) is 30.0 Å². The van der Waals surface area contributed by atoms with E-state index in [2.05, 4.69) is 23.9 Å². The Morgan fingerprint density at radius 2 is 2.16 bits per heavy atom. The number of piperazine rings is 1. The fraction of sp³-hybridized carbons (Fsp3) is 0.571. The average Bonchev–Trinajstić information content (AvgIpc) is 2.38. The molecule has 0 saturated carbocycles. The number of likely N-dealkylation sites (N-methyl/N-ethyl adjacent to an activating group) is 1. The number of aromatic nitrogens is 1. The molecule has 1 aromatic heterocycles. The van der Waals surface area contributed by atoms with Crippen molar-refractivity contribution >= 4 is 11.7 Å². The van der Waals surface area contributed by atoms with E-state index in [4.69, 9.17) is 0 Å². The minimum Gasteiger partial charge on any atom is -0.363 e. The van der Waals surface area contributed by atoms with Crippen LogP contribution in [-0.4, -0.2) is 67.5 Å². The predicted molar refractivity (Wildman–Crippen MR) is 76.6 cm³/mol. The summed E-state index contributed by atoms with van der Waals surface area (Å²) in [6, 6.07) is 3.90. The minimum atomic E-state index is 0.103. The van der Waals surface area contributed by atoms with Crippen molar-refractivity contribution in [1.29, 1.82) is 0 Å². The highest BCUT2D eigenvalue weighted by atomic mass is 16.2. The Morgan fingerprint density at radius 1 is 1.42 bits per heavy atom. The van der Waals surface area contributed by atoms with Gasteiger partial charge in [-0.2, -0.15) is 0 Å². The van der Waals surface area contributed by atoms with E-state index >= 15 is 0 Å². The monoisotopic (exact) mass is 262 g/mol. The number of anilines is 1. The molecule has 0 N–H and O–H groups in total. The molecule has 2 heterocycles. The smallest absolute Gasteiger partial charge is 0.254 e. The third-order valence-electron chi connectivity index (χ3n) is 3.54. The number of hydrogen-bond donors (Lipinski definition) is 0. The summed E-state index contributed by atoms with van der Waals surface area (Å²) in [6.45, 7) is 4.75. The second-order valence-electron chi connectivity index (χ2n) is 5.41. The maximum absolute atomic E-state index is 12.6. The third-order valence-corrected chi connectivity index (χ3v) is 3.54. The zero-order chi connectivity index (χ0) is 14.0. The molecule has 0 spiro atoms. The molecule has 104 valence electrons. The summed E-state index contributed by atoms with van der Waals surface area (Å²) in [4.78, 5) is 22.9. The summed E-state index contributed by atoms with van der Waals surface area (Å²) in [7, 11) is 5.94. The number of carbonyl (C=O) groups is 1. The van der Waals surface area contributed by atoms with Crippen LogP contribution in [0.1, 0.15) is 17.3 Å². The summed E-state index contributed by atoms with van der Waals surface area (Å²) >= 11 is 0. The topological polar surface area (TPSA) is 39.7 Å². The van der Waals surface area contributed by atoms with Gasteiger partial charge in [0.2, 0.25) is 0 Å². The summed E-state index contributed by atoms with van der Waals surface area (Å²) in [5.41, 5.74) is 0.718. The fourth-order valence-corrected chi connectivity index (χ4v) is 2.40. The van der Waals surface area contributed by atoms with Gasteiger partial charge in [-0.1, -0.05) is 0 Å². The molecule has 19 heavy (non-hydrogen) atoms. The van der Waals surface area contributed by atoms with Gasteiger partial charge in [-0.15, -0.1) is 0 Å². The highest BCUT2D eigenvalue weighted by molar-refractivity contribution is 5.95.